The lowest BCUT2D eigenvalue weighted by Crippen LogP contribution is -2.33. The maximum Gasteiger partial charge on any atom is 0.342 e. The van der Waals surface area contributed by atoms with Gasteiger partial charge in [0.1, 0.15) is 17.6 Å². The lowest BCUT2D eigenvalue weighted by Gasteiger charge is -2.27. The molecule has 0 aromatic carbocycles. The van der Waals surface area contributed by atoms with Gasteiger partial charge in [0, 0.05) is 30.7 Å². The van der Waals surface area contributed by atoms with Gasteiger partial charge in [-0.05, 0) is 0 Å². The molecule has 8 heteroatoms. The fourth-order valence-electron chi connectivity index (χ4n) is 1.72. The number of carbonyl (C=O) groups is 1. The van der Waals surface area contributed by atoms with Crippen LogP contribution in [0.25, 0.3) is 0 Å². The van der Waals surface area contributed by atoms with E-state index >= 15 is 0 Å². The van der Waals surface area contributed by atoms with Crippen molar-refractivity contribution >= 4 is 29.2 Å². The topological polar surface area (TPSA) is 96.6 Å². The van der Waals surface area contributed by atoms with E-state index in [1.54, 1.807) is 0 Å². The molecular formula is C10H11N3O4S. The molecule has 1 aliphatic rings. The third-order valence-corrected chi connectivity index (χ3v) is 3.57. The summed E-state index contributed by atoms with van der Waals surface area (Å²) in [5.41, 5.74) is -0.791. The summed E-state index contributed by atoms with van der Waals surface area (Å²) in [6.45, 7) is 1.54. The predicted octanol–water partition coefficient (Wildman–Crippen LogP) is 1.24. The molecule has 96 valence electrons. The molecule has 0 radical (unpaired) electrons. The van der Waals surface area contributed by atoms with Crippen molar-refractivity contribution in [3.63, 3.8) is 0 Å². The number of hydrogen-bond donors (Lipinski definition) is 1. The Bertz CT molecular complexity index is 488. The van der Waals surface area contributed by atoms with E-state index in [0.717, 1.165) is 30.8 Å². The zero-order valence-corrected chi connectivity index (χ0v) is 10.2. The molecule has 0 atom stereocenters. The summed E-state index contributed by atoms with van der Waals surface area (Å²) in [4.78, 5) is 26.9. The zero-order valence-electron chi connectivity index (χ0n) is 9.40. The normalized spacial score (nSPS) is 15.4. The number of aromatic carboxylic acids is 1. The number of carboxylic acid groups (broad SMARTS) is 1. The van der Waals surface area contributed by atoms with Crippen LogP contribution in [-0.4, -0.2) is 45.6 Å². The first-order valence-corrected chi connectivity index (χ1v) is 6.45. The highest BCUT2D eigenvalue weighted by Gasteiger charge is 2.23. The molecule has 1 saturated heterocycles. The average Bonchev–Trinajstić information content (AvgIpc) is 2.39. The molecule has 2 rings (SSSR count). The summed E-state index contributed by atoms with van der Waals surface area (Å²) in [6.07, 6.45) is 1.01. The SMILES string of the molecule is O=C(O)c1cc(N2CCSCC2)ncc1[N+](=O)[O-]. The van der Waals surface area contributed by atoms with Gasteiger partial charge in [0.15, 0.2) is 0 Å². The van der Waals surface area contributed by atoms with Crippen molar-refractivity contribution in [3.05, 3.63) is 27.9 Å². The minimum atomic E-state index is -1.31. The standard InChI is InChI=1S/C10H11N3O4S/c14-10(15)7-5-9(11-6-8(7)13(16)17)12-1-3-18-4-2-12/h5-6H,1-4H2,(H,14,15). The average molecular weight is 269 g/mol. The van der Waals surface area contributed by atoms with Crippen LogP contribution in [0.2, 0.25) is 0 Å². The fraction of sp³-hybridized carbons (Fsp3) is 0.400. The maximum absolute atomic E-state index is 11.0. The van der Waals surface area contributed by atoms with Gasteiger partial charge in [-0.2, -0.15) is 11.8 Å². The fourth-order valence-corrected chi connectivity index (χ4v) is 2.62. The molecule has 0 spiro atoms. The van der Waals surface area contributed by atoms with Crippen molar-refractivity contribution < 1.29 is 14.8 Å². The van der Waals surface area contributed by atoms with E-state index in [1.807, 2.05) is 16.7 Å². The van der Waals surface area contributed by atoms with Crippen molar-refractivity contribution in [2.45, 2.75) is 0 Å². The van der Waals surface area contributed by atoms with Crippen LogP contribution < -0.4 is 4.90 Å². The van der Waals surface area contributed by atoms with Gasteiger partial charge < -0.3 is 10.0 Å². The van der Waals surface area contributed by atoms with Crippen molar-refractivity contribution in [3.8, 4) is 0 Å². The number of anilines is 1. The second-order valence-corrected chi connectivity index (χ2v) is 4.95. The molecule has 0 amide bonds. The van der Waals surface area contributed by atoms with E-state index in [-0.39, 0.29) is 5.56 Å². The number of rotatable bonds is 3. The molecule has 18 heavy (non-hydrogen) atoms. The van der Waals surface area contributed by atoms with Gasteiger partial charge in [0.2, 0.25) is 0 Å². The van der Waals surface area contributed by atoms with E-state index in [4.69, 9.17) is 5.11 Å². The second kappa shape index (κ2) is 5.21. The van der Waals surface area contributed by atoms with E-state index in [9.17, 15) is 14.9 Å². The molecule has 0 aliphatic carbocycles. The van der Waals surface area contributed by atoms with Crippen molar-refractivity contribution in [1.29, 1.82) is 0 Å². The van der Waals surface area contributed by atoms with Crippen LogP contribution in [0.1, 0.15) is 10.4 Å². The van der Waals surface area contributed by atoms with Crippen LogP contribution in [-0.2, 0) is 0 Å². The highest BCUT2D eigenvalue weighted by atomic mass is 32.2. The van der Waals surface area contributed by atoms with E-state index in [0.29, 0.717) is 5.82 Å². The summed E-state index contributed by atoms with van der Waals surface area (Å²) in [5, 5.41) is 19.7. The van der Waals surface area contributed by atoms with Gasteiger partial charge in [0.05, 0.1) is 4.92 Å². The molecule has 1 aromatic heterocycles. The predicted molar refractivity (Wildman–Crippen MR) is 67.4 cm³/mol. The quantitative estimate of drug-likeness (QED) is 0.651. The van der Waals surface area contributed by atoms with Gasteiger partial charge >= 0.3 is 11.7 Å². The van der Waals surface area contributed by atoms with Gasteiger partial charge in [0.25, 0.3) is 0 Å². The molecule has 1 fully saturated rings. The Labute approximate surface area is 107 Å². The molecule has 0 unspecified atom stereocenters. The second-order valence-electron chi connectivity index (χ2n) is 3.72. The summed E-state index contributed by atoms with van der Waals surface area (Å²) in [6, 6.07) is 1.27. The molecule has 2 heterocycles. The van der Waals surface area contributed by atoms with E-state index in [2.05, 4.69) is 4.98 Å². The van der Waals surface area contributed by atoms with Crippen LogP contribution in [0.3, 0.4) is 0 Å². The largest absolute Gasteiger partial charge is 0.477 e. The third kappa shape index (κ3) is 2.53. The number of pyridine rings is 1. The summed E-state index contributed by atoms with van der Waals surface area (Å²) in [7, 11) is 0. The van der Waals surface area contributed by atoms with Crippen molar-refractivity contribution in [2.75, 3.05) is 29.5 Å². The first-order valence-electron chi connectivity index (χ1n) is 5.30. The number of carboxylic acids is 1. The number of aromatic nitrogens is 1. The molecule has 0 bridgehead atoms. The Balaban J connectivity index is 2.36. The van der Waals surface area contributed by atoms with E-state index in [1.165, 1.54) is 6.07 Å². The van der Waals surface area contributed by atoms with Crippen LogP contribution in [0, 0.1) is 10.1 Å². The lowest BCUT2D eigenvalue weighted by molar-refractivity contribution is -0.385. The van der Waals surface area contributed by atoms with Gasteiger partial charge in [-0.3, -0.25) is 10.1 Å². The van der Waals surface area contributed by atoms with Crippen molar-refractivity contribution in [1.82, 2.24) is 4.98 Å². The Morgan fingerprint density at radius 1 is 1.50 bits per heavy atom. The first kappa shape index (κ1) is 12.6. The number of nitrogens with zero attached hydrogens (tertiary/aromatic N) is 3. The van der Waals surface area contributed by atoms with Gasteiger partial charge in [-0.1, -0.05) is 0 Å². The van der Waals surface area contributed by atoms with Crippen LogP contribution >= 0.6 is 11.8 Å². The third-order valence-electron chi connectivity index (χ3n) is 2.63. The summed E-state index contributed by atoms with van der Waals surface area (Å²) < 4.78 is 0. The monoisotopic (exact) mass is 269 g/mol. The Kier molecular flexibility index (Phi) is 3.66. The molecule has 0 saturated carbocycles. The van der Waals surface area contributed by atoms with E-state index < -0.39 is 16.6 Å². The minimum absolute atomic E-state index is 0.316. The number of thioether (sulfide) groups is 1. The summed E-state index contributed by atoms with van der Waals surface area (Å²) in [5.74, 6) is 1.07. The molecule has 7 nitrogen and oxygen atoms in total. The Morgan fingerprint density at radius 2 is 2.17 bits per heavy atom. The molecule has 1 aliphatic heterocycles. The highest BCUT2D eigenvalue weighted by Crippen LogP contribution is 2.24. The first-order chi connectivity index (χ1) is 8.59. The number of nitro groups is 1. The maximum atomic E-state index is 11.0. The van der Waals surface area contributed by atoms with Crippen LogP contribution in [0.5, 0.6) is 0 Å². The smallest absolute Gasteiger partial charge is 0.342 e. The van der Waals surface area contributed by atoms with Crippen molar-refractivity contribution in [2.24, 2.45) is 0 Å². The molecule has 1 aromatic rings. The van der Waals surface area contributed by atoms with Gasteiger partial charge in [-0.25, -0.2) is 9.78 Å². The highest BCUT2D eigenvalue weighted by molar-refractivity contribution is 7.99. The van der Waals surface area contributed by atoms with Crippen LogP contribution in [0.15, 0.2) is 12.3 Å². The molecule has 1 N–H and O–H groups in total. The number of hydrogen-bond acceptors (Lipinski definition) is 6. The Morgan fingerprint density at radius 3 is 2.72 bits per heavy atom. The molecular weight excluding hydrogens is 258 g/mol. The Hall–Kier alpha value is -1.83. The summed E-state index contributed by atoms with van der Waals surface area (Å²) >= 11 is 1.82. The zero-order chi connectivity index (χ0) is 13.1. The lowest BCUT2D eigenvalue weighted by atomic mass is 10.2. The van der Waals surface area contributed by atoms with Crippen LogP contribution in [0.4, 0.5) is 11.5 Å². The van der Waals surface area contributed by atoms with Gasteiger partial charge in [-0.15, -0.1) is 0 Å². The minimum Gasteiger partial charge on any atom is -0.477 e.